The number of aromatic nitrogens is 2. The first kappa shape index (κ1) is 16.2. The molecule has 0 aliphatic heterocycles. The van der Waals surface area contributed by atoms with E-state index < -0.39 is 21.8 Å². The van der Waals surface area contributed by atoms with Crippen LogP contribution in [0, 0.1) is 6.92 Å². The first-order valence-corrected chi connectivity index (χ1v) is 8.49. The van der Waals surface area contributed by atoms with Crippen molar-refractivity contribution in [1.82, 2.24) is 14.3 Å². The van der Waals surface area contributed by atoms with Crippen molar-refractivity contribution in [2.45, 2.75) is 38.3 Å². The Kier molecular flexibility index (Phi) is 4.65. The van der Waals surface area contributed by atoms with Gasteiger partial charge >= 0.3 is 0 Å². The number of nitrogens with one attached hydrogen (secondary N) is 1. The lowest BCUT2D eigenvalue weighted by atomic mass is 10.0. The zero-order valence-electron chi connectivity index (χ0n) is 12.8. The monoisotopic (exact) mass is 321 g/mol. The standard InChI is InChI=1S/C15H19N3O3S/c1-4-18-10-14(16-12(18)3)22(20,21)17-15(19)11(2)13-8-6-5-7-9-13/h5-11H,4H2,1-3H3,(H,17,19). The van der Waals surface area contributed by atoms with Gasteiger partial charge in [0.15, 0.2) is 5.03 Å². The van der Waals surface area contributed by atoms with Gasteiger partial charge in [0.1, 0.15) is 5.82 Å². The molecule has 0 fully saturated rings. The smallest absolute Gasteiger partial charge is 0.283 e. The topological polar surface area (TPSA) is 81.1 Å². The molecular formula is C15H19N3O3S. The molecule has 0 aliphatic rings. The van der Waals surface area contributed by atoms with Crippen LogP contribution in [0.25, 0.3) is 0 Å². The highest BCUT2D eigenvalue weighted by Gasteiger charge is 2.25. The highest BCUT2D eigenvalue weighted by atomic mass is 32.2. The predicted octanol–water partition coefficient (Wildman–Crippen LogP) is 1.82. The molecule has 1 heterocycles. The summed E-state index contributed by atoms with van der Waals surface area (Å²) in [4.78, 5) is 16.2. The van der Waals surface area contributed by atoms with E-state index in [2.05, 4.69) is 9.71 Å². The summed E-state index contributed by atoms with van der Waals surface area (Å²) in [6, 6.07) is 9.02. The highest BCUT2D eigenvalue weighted by molar-refractivity contribution is 7.90. The Labute approximate surface area is 130 Å². The maximum Gasteiger partial charge on any atom is 0.283 e. The van der Waals surface area contributed by atoms with Gasteiger partial charge in [-0.1, -0.05) is 30.3 Å². The molecule has 6 nitrogen and oxygen atoms in total. The van der Waals surface area contributed by atoms with Crippen molar-refractivity contribution in [2.75, 3.05) is 0 Å². The maximum atomic E-state index is 12.3. The number of imidazole rings is 1. The average Bonchev–Trinajstić information content (AvgIpc) is 2.89. The summed E-state index contributed by atoms with van der Waals surface area (Å²) >= 11 is 0. The fourth-order valence-corrected chi connectivity index (χ4v) is 3.16. The van der Waals surface area contributed by atoms with Crippen molar-refractivity contribution >= 4 is 15.9 Å². The molecule has 1 aromatic carbocycles. The van der Waals surface area contributed by atoms with Crippen LogP contribution in [0.3, 0.4) is 0 Å². The summed E-state index contributed by atoms with van der Waals surface area (Å²) in [5, 5.41) is -0.138. The zero-order valence-corrected chi connectivity index (χ0v) is 13.6. The van der Waals surface area contributed by atoms with Gasteiger partial charge in [-0.05, 0) is 26.3 Å². The quantitative estimate of drug-likeness (QED) is 0.911. The van der Waals surface area contributed by atoms with Crippen molar-refractivity contribution in [3.63, 3.8) is 0 Å². The average molecular weight is 321 g/mol. The number of aryl methyl sites for hydroxylation is 2. The van der Waals surface area contributed by atoms with E-state index in [1.54, 1.807) is 42.7 Å². The van der Waals surface area contributed by atoms with E-state index in [1.807, 2.05) is 13.0 Å². The van der Waals surface area contributed by atoms with Gasteiger partial charge in [-0.2, -0.15) is 8.42 Å². The number of carbonyl (C=O) groups excluding carboxylic acids is 1. The lowest BCUT2D eigenvalue weighted by Gasteiger charge is -2.11. The zero-order chi connectivity index (χ0) is 16.3. The van der Waals surface area contributed by atoms with Gasteiger partial charge in [0.2, 0.25) is 5.91 Å². The van der Waals surface area contributed by atoms with Crippen LogP contribution < -0.4 is 4.72 Å². The number of sulfonamides is 1. The van der Waals surface area contributed by atoms with Gasteiger partial charge in [0, 0.05) is 12.7 Å². The molecular weight excluding hydrogens is 302 g/mol. The number of amides is 1. The minimum Gasteiger partial charge on any atom is -0.334 e. The number of hydrogen-bond donors (Lipinski definition) is 1. The Hall–Kier alpha value is -2.15. The van der Waals surface area contributed by atoms with E-state index in [4.69, 9.17) is 0 Å². The van der Waals surface area contributed by atoms with Crippen molar-refractivity contribution in [3.05, 3.63) is 47.9 Å². The van der Waals surface area contributed by atoms with E-state index in [-0.39, 0.29) is 5.03 Å². The van der Waals surface area contributed by atoms with E-state index in [1.165, 1.54) is 6.20 Å². The van der Waals surface area contributed by atoms with Gasteiger partial charge in [0.05, 0.1) is 5.92 Å². The number of benzene rings is 1. The van der Waals surface area contributed by atoms with E-state index >= 15 is 0 Å². The van der Waals surface area contributed by atoms with Crippen molar-refractivity contribution in [2.24, 2.45) is 0 Å². The summed E-state index contributed by atoms with van der Waals surface area (Å²) in [7, 11) is -3.96. The number of rotatable bonds is 5. The van der Waals surface area contributed by atoms with Crippen LogP contribution in [-0.2, 0) is 21.4 Å². The number of carbonyl (C=O) groups is 1. The van der Waals surface area contributed by atoms with Crippen molar-refractivity contribution in [1.29, 1.82) is 0 Å². The molecule has 0 aliphatic carbocycles. The molecule has 7 heteroatoms. The molecule has 0 saturated heterocycles. The second-order valence-corrected chi connectivity index (χ2v) is 6.64. The number of hydrogen-bond acceptors (Lipinski definition) is 4. The SMILES string of the molecule is CCn1cc(S(=O)(=O)NC(=O)C(C)c2ccccc2)nc1C. The molecule has 1 atom stereocenters. The van der Waals surface area contributed by atoms with Gasteiger partial charge in [-0.25, -0.2) is 9.71 Å². The van der Waals surface area contributed by atoms with Crippen LogP contribution in [0.15, 0.2) is 41.6 Å². The minimum atomic E-state index is -3.96. The summed E-state index contributed by atoms with van der Waals surface area (Å²) in [5.74, 6) is -0.549. The van der Waals surface area contributed by atoms with Gasteiger partial charge < -0.3 is 4.57 Å². The third-order valence-electron chi connectivity index (χ3n) is 3.50. The Morgan fingerprint density at radius 1 is 1.32 bits per heavy atom. The summed E-state index contributed by atoms with van der Waals surface area (Å²) in [5.41, 5.74) is 0.755. The lowest BCUT2D eigenvalue weighted by Crippen LogP contribution is -2.34. The second-order valence-electron chi connectivity index (χ2n) is 5.01. The van der Waals surface area contributed by atoms with Crippen LogP contribution in [0.4, 0.5) is 0 Å². The fraction of sp³-hybridized carbons (Fsp3) is 0.333. The van der Waals surface area contributed by atoms with Gasteiger partial charge in [-0.15, -0.1) is 0 Å². The molecule has 22 heavy (non-hydrogen) atoms. The molecule has 118 valence electrons. The molecule has 1 N–H and O–H groups in total. The second kappa shape index (κ2) is 6.31. The maximum absolute atomic E-state index is 12.3. The van der Waals surface area contributed by atoms with E-state index in [9.17, 15) is 13.2 Å². The van der Waals surface area contributed by atoms with Crippen molar-refractivity contribution in [3.8, 4) is 0 Å². The van der Waals surface area contributed by atoms with Crippen LogP contribution >= 0.6 is 0 Å². The summed E-state index contributed by atoms with van der Waals surface area (Å²) < 4.78 is 28.3. The third-order valence-corrected chi connectivity index (χ3v) is 4.72. The van der Waals surface area contributed by atoms with Gasteiger partial charge in [-0.3, -0.25) is 4.79 Å². The Morgan fingerprint density at radius 2 is 1.95 bits per heavy atom. The molecule has 0 saturated carbocycles. The Bertz CT molecular complexity index is 767. The van der Waals surface area contributed by atoms with Crippen LogP contribution in [0.1, 0.15) is 31.2 Å². The third kappa shape index (κ3) is 3.36. The molecule has 1 amide bonds. The Balaban J connectivity index is 2.19. The van der Waals surface area contributed by atoms with Gasteiger partial charge in [0.25, 0.3) is 10.0 Å². The van der Waals surface area contributed by atoms with E-state index in [0.29, 0.717) is 12.4 Å². The normalized spacial score (nSPS) is 12.9. The van der Waals surface area contributed by atoms with Crippen LogP contribution in [0.5, 0.6) is 0 Å². The summed E-state index contributed by atoms with van der Waals surface area (Å²) in [6.45, 7) is 5.89. The summed E-state index contributed by atoms with van der Waals surface area (Å²) in [6.07, 6.45) is 1.43. The van der Waals surface area contributed by atoms with Crippen LogP contribution in [0.2, 0.25) is 0 Å². The van der Waals surface area contributed by atoms with Crippen molar-refractivity contribution < 1.29 is 13.2 Å². The molecule has 2 rings (SSSR count). The fourth-order valence-electron chi connectivity index (χ4n) is 2.10. The van der Waals surface area contributed by atoms with E-state index in [0.717, 1.165) is 5.56 Å². The molecule has 0 radical (unpaired) electrons. The minimum absolute atomic E-state index is 0.138. The predicted molar refractivity (Wildman–Crippen MR) is 82.8 cm³/mol. The Morgan fingerprint density at radius 3 is 2.50 bits per heavy atom. The molecule has 1 unspecified atom stereocenters. The first-order valence-electron chi connectivity index (χ1n) is 7.00. The number of nitrogens with zero attached hydrogens (tertiary/aromatic N) is 2. The molecule has 0 bridgehead atoms. The molecule has 0 spiro atoms. The molecule has 2 aromatic rings. The molecule has 1 aromatic heterocycles. The first-order chi connectivity index (χ1) is 10.3. The lowest BCUT2D eigenvalue weighted by molar-refractivity contribution is -0.120. The largest absolute Gasteiger partial charge is 0.334 e. The highest BCUT2D eigenvalue weighted by Crippen LogP contribution is 2.16. The van der Waals surface area contributed by atoms with Crippen LogP contribution in [-0.4, -0.2) is 23.9 Å².